The molecule has 0 atom stereocenters. The molecule has 0 aliphatic carbocycles. The largest absolute Gasteiger partial charge is 0.389 e. The van der Waals surface area contributed by atoms with E-state index in [0.717, 1.165) is 6.42 Å². The van der Waals surface area contributed by atoms with Gasteiger partial charge < -0.3 is 10.0 Å². The highest BCUT2D eigenvalue weighted by molar-refractivity contribution is 5.77. The average molecular weight is 213 g/mol. The summed E-state index contributed by atoms with van der Waals surface area (Å²) >= 11 is 0. The number of likely N-dealkylation sites (tertiary alicyclic amines) is 1. The smallest absolute Gasteiger partial charge is 0.222 e. The first-order chi connectivity index (χ1) is 7.24. The Labute approximate surface area is 92.5 Å². The van der Waals surface area contributed by atoms with E-state index in [4.69, 9.17) is 5.11 Å². The van der Waals surface area contributed by atoms with E-state index in [9.17, 15) is 4.79 Å². The highest BCUT2D eigenvalue weighted by Crippen LogP contribution is 2.12. The third kappa shape index (κ3) is 4.65. The summed E-state index contributed by atoms with van der Waals surface area (Å²) in [6.07, 6.45) is 7.71. The number of aliphatic hydroxyl groups excluding tert-OH is 1. The van der Waals surface area contributed by atoms with Gasteiger partial charge in [-0.25, -0.2) is 0 Å². The van der Waals surface area contributed by atoms with E-state index in [-0.39, 0.29) is 12.0 Å². The van der Waals surface area contributed by atoms with Crippen LogP contribution in [0.2, 0.25) is 0 Å². The van der Waals surface area contributed by atoms with Crippen molar-refractivity contribution < 1.29 is 9.90 Å². The van der Waals surface area contributed by atoms with Crippen LogP contribution in [0.1, 0.15) is 51.9 Å². The Morgan fingerprint density at radius 3 is 2.40 bits per heavy atom. The minimum absolute atomic E-state index is 0.218. The molecule has 0 aromatic carbocycles. The van der Waals surface area contributed by atoms with E-state index >= 15 is 0 Å². The molecule has 1 rings (SSSR count). The third-order valence-corrected chi connectivity index (χ3v) is 2.96. The fourth-order valence-electron chi connectivity index (χ4n) is 1.87. The van der Waals surface area contributed by atoms with Gasteiger partial charge in [-0.2, -0.15) is 0 Å². The van der Waals surface area contributed by atoms with Crippen LogP contribution >= 0.6 is 0 Å². The molecule has 1 N–H and O–H groups in total. The molecular weight excluding hydrogens is 190 g/mol. The van der Waals surface area contributed by atoms with Gasteiger partial charge in [0.2, 0.25) is 5.91 Å². The van der Waals surface area contributed by atoms with Crippen LogP contribution in [0.15, 0.2) is 0 Å². The fourth-order valence-corrected chi connectivity index (χ4v) is 1.87. The lowest BCUT2D eigenvalue weighted by Gasteiger charge is -2.35. The molecular formula is C12H23NO2. The summed E-state index contributed by atoms with van der Waals surface area (Å²) in [7, 11) is 0. The summed E-state index contributed by atoms with van der Waals surface area (Å²) < 4.78 is 0. The number of rotatable bonds is 7. The second-order valence-electron chi connectivity index (χ2n) is 4.47. The van der Waals surface area contributed by atoms with Crippen molar-refractivity contribution in [2.75, 3.05) is 13.1 Å². The Bertz CT molecular complexity index is 188. The fraction of sp³-hybridized carbons (Fsp3) is 0.917. The number of β-amino-alcohol motifs (C(OH)–C–C–N with tert-alkyl or cyclic N) is 1. The number of hydrogen-bond acceptors (Lipinski definition) is 2. The van der Waals surface area contributed by atoms with Gasteiger partial charge in [0.25, 0.3) is 0 Å². The summed E-state index contributed by atoms with van der Waals surface area (Å²) in [5, 5.41) is 9.04. The molecule has 0 radical (unpaired) electrons. The third-order valence-electron chi connectivity index (χ3n) is 2.96. The first-order valence-electron chi connectivity index (χ1n) is 6.20. The van der Waals surface area contributed by atoms with Crippen molar-refractivity contribution in [3.63, 3.8) is 0 Å². The number of aliphatic hydroxyl groups is 1. The summed E-state index contributed by atoms with van der Waals surface area (Å²) in [6, 6.07) is 0. The second-order valence-corrected chi connectivity index (χ2v) is 4.47. The molecule has 0 bridgehead atoms. The normalized spacial score (nSPS) is 16.5. The number of carbonyl (C=O) groups excluding carboxylic acids is 1. The van der Waals surface area contributed by atoms with Crippen LogP contribution in [0.3, 0.4) is 0 Å². The lowest BCUT2D eigenvalue weighted by molar-refractivity contribution is -0.141. The number of nitrogens with zero attached hydrogens (tertiary/aromatic N) is 1. The number of hydrogen-bond donors (Lipinski definition) is 1. The predicted octanol–water partition coefficient (Wildman–Crippen LogP) is 1.94. The van der Waals surface area contributed by atoms with Crippen molar-refractivity contribution in [1.29, 1.82) is 0 Å². The molecule has 1 aliphatic rings. The predicted molar refractivity (Wildman–Crippen MR) is 60.6 cm³/mol. The van der Waals surface area contributed by atoms with E-state index in [1.165, 1.54) is 32.1 Å². The van der Waals surface area contributed by atoms with Crippen LogP contribution in [0, 0.1) is 0 Å². The molecule has 15 heavy (non-hydrogen) atoms. The van der Waals surface area contributed by atoms with Gasteiger partial charge in [0.15, 0.2) is 0 Å². The molecule has 0 aromatic rings. The zero-order valence-corrected chi connectivity index (χ0v) is 9.74. The highest BCUT2D eigenvalue weighted by atomic mass is 16.3. The molecule has 0 unspecified atom stereocenters. The Hall–Kier alpha value is -0.570. The van der Waals surface area contributed by atoms with Crippen molar-refractivity contribution in [2.24, 2.45) is 0 Å². The standard InChI is InChI=1S/C12H23NO2/c1-2-3-4-5-6-7-8-12(15)13-9-11(14)10-13/h11,14H,2-10H2,1H3. The summed E-state index contributed by atoms with van der Waals surface area (Å²) in [4.78, 5) is 13.2. The van der Waals surface area contributed by atoms with Gasteiger partial charge in [-0.05, 0) is 6.42 Å². The van der Waals surface area contributed by atoms with Crippen molar-refractivity contribution >= 4 is 5.91 Å². The van der Waals surface area contributed by atoms with Crippen LogP contribution in [-0.4, -0.2) is 35.1 Å². The molecule has 1 heterocycles. The quantitative estimate of drug-likeness (QED) is 0.657. The van der Waals surface area contributed by atoms with E-state index in [0.29, 0.717) is 19.5 Å². The lowest BCUT2D eigenvalue weighted by Crippen LogP contribution is -2.53. The molecule has 88 valence electrons. The molecule has 3 nitrogen and oxygen atoms in total. The molecule has 1 saturated heterocycles. The molecule has 0 aromatic heterocycles. The SMILES string of the molecule is CCCCCCCCC(=O)N1CC(O)C1. The van der Waals surface area contributed by atoms with E-state index in [1.54, 1.807) is 4.90 Å². The van der Waals surface area contributed by atoms with Crippen LogP contribution in [0.25, 0.3) is 0 Å². The Balaban J connectivity index is 1.89. The number of unbranched alkanes of at least 4 members (excludes halogenated alkanes) is 5. The lowest BCUT2D eigenvalue weighted by atomic mass is 10.1. The van der Waals surface area contributed by atoms with Gasteiger partial charge in [0, 0.05) is 19.5 Å². The minimum Gasteiger partial charge on any atom is -0.389 e. The summed E-state index contributed by atoms with van der Waals surface area (Å²) in [5.41, 5.74) is 0. The Morgan fingerprint density at radius 2 is 1.80 bits per heavy atom. The molecule has 3 heteroatoms. The van der Waals surface area contributed by atoms with Crippen LogP contribution in [0.5, 0.6) is 0 Å². The number of amides is 1. The van der Waals surface area contributed by atoms with E-state index in [2.05, 4.69) is 6.92 Å². The first kappa shape index (κ1) is 12.5. The zero-order chi connectivity index (χ0) is 11.1. The van der Waals surface area contributed by atoms with Crippen molar-refractivity contribution in [3.8, 4) is 0 Å². The molecule has 1 fully saturated rings. The summed E-state index contributed by atoms with van der Waals surface area (Å²) in [6.45, 7) is 3.31. The van der Waals surface area contributed by atoms with Gasteiger partial charge in [-0.3, -0.25) is 4.79 Å². The summed E-state index contributed by atoms with van der Waals surface area (Å²) in [5.74, 6) is 0.218. The highest BCUT2D eigenvalue weighted by Gasteiger charge is 2.27. The van der Waals surface area contributed by atoms with Gasteiger partial charge in [-0.1, -0.05) is 39.0 Å². The van der Waals surface area contributed by atoms with Gasteiger partial charge >= 0.3 is 0 Å². The van der Waals surface area contributed by atoms with Crippen molar-refractivity contribution in [1.82, 2.24) is 4.90 Å². The van der Waals surface area contributed by atoms with Crippen LogP contribution < -0.4 is 0 Å². The maximum absolute atomic E-state index is 11.5. The molecule has 1 amide bonds. The van der Waals surface area contributed by atoms with Crippen LogP contribution in [0.4, 0.5) is 0 Å². The second kappa shape index (κ2) is 6.83. The monoisotopic (exact) mass is 213 g/mol. The Kier molecular flexibility index (Phi) is 5.69. The minimum atomic E-state index is -0.265. The molecule has 0 spiro atoms. The van der Waals surface area contributed by atoms with E-state index < -0.39 is 0 Å². The number of carbonyl (C=O) groups is 1. The van der Waals surface area contributed by atoms with Crippen molar-refractivity contribution in [2.45, 2.75) is 58.0 Å². The maximum atomic E-state index is 11.5. The Morgan fingerprint density at radius 1 is 1.20 bits per heavy atom. The van der Waals surface area contributed by atoms with E-state index in [1.807, 2.05) is 0 Å². The van der Waals surface area contributed by atoms with Gasteiger partial charge in [-0.15, -0.1) is 0 Å². The van der Waals surface area contributed by atoms with Crippen LogP contribution in [-0.2, 0) is 4.79 Å². The molecule has 0 saturated carbocycles. The molecule has 1 aliphatic heterocycles. The van der Waals surface area contributed by atoms with Gasteiger partial charge in [0.05, 0.1) is 6.10 Å². The first-order valence-corrected chi connectivity index (χ1v) is 6.20. The zero-order valence-electron chi connectivity index (χ0n) is 9.74. The maximum Gasteiger partial charge on any atom is 0.222 e. The average Bonchev–Trinajstić information content (AvgIpc) is 2.18. The van der Waals surface area contributed by atoms with Crippen molar-refractivity contribution in [3.05, 3.63) is 0 Å². The topological polar surface area (TPSA) is 40.5 Å². The van der Waals surface area contributed by atoms with Gasteiger partial charge in [0.1, 0.15) is 0 Å².